The van der Waals surface area contributed by atoms with Crippen molar-refractivity contribution in [3.05, 3.63) is 77.6 Å². The lowest BCUT2D eigenvalue weighted by atomic mass is 9.95. The summed E-state index contributed by atoms with van der Waals surface area (Å²) >= 11 is 0. The fourth-order valence-corrected chi connectivity index (χ4v) is 3.31. The van der Waals surface area contributed by atoms with Crippen LogP contribution in [-0.4, -0.2) is 8.32 Å². The molecule has 1 atom stereocenters. The highest BCUT2D eigenvalue weighted by molar-refractivity contribution is 6.70. The monoisotopic (exact) mass is 328 g/mol. The van der Waals surface area contributed by atoms with Crippen molar-refractivity contribution in [2.45, 2.75) is 38.9 Å². The van der Waals surface area contributed by atoms with Crippen molar-refractivity contribution < 1.29 is 8.82 Å². The van der Waals surface area contributed by atoms with E-state index in [4.69, 9.17) is 4.43 Å². The average Bonchev–Trinajstić information content (AvgIpc) is 2.52. The number of halogens is 1. The van der Waals surface area contributed by atoms with E-state index in [-0.39, 0.29) is 11.7 Å². The van der Waals surface area contributed by atoms with E-state index in [0.29, 0.717) is 0 Å². The zero-order valence-corrected chi connectivity index (χ0v) is 15.3. The molecule has 0 fully saturated rings. The van der Waals surface area contributed by atoms with Gasteiger partial charge in [0.2, 0.25) is 8.32 Å². The van der Waals surface area contributed by atoms with E-state index in [1.54, 1.807) is 12.1 Å². The summed E-state index contributed by atoms with van der Waals surface area (Å²) in [4.78, 5) is 0. The van der Waals surface area contributed by atoms with Gasteiger partial charge in [0, 0.05) is 11.5 Å². The van der Waals surface area contributed by atoms with Crippen LogP contribution in [0.3, 0.4) is 0 Å². The Morgan fingerprint density at radius 1 is 1.04 bits per heavy atom. The van der Waals surface area contributed by atoms with Gasteiger partial charge in [-0.1, -0.05) is 37.3 Å². The molecule has 0 radical (unpaired) electrons. The molecule has 23 heavy (non-hydrogen) atoms. The van der Waals surface area contributed by atoms with Gasteiger partial charge in [-0.2, -0.15) is 0 Å². The molecule has 3 heteroatoms. The Morgan fingerprint density at radius 3 is 2.17 bits per heavy atom. The van der Waals surface area contributed by atoms with Crippen LogP contribution in [0.15, 0.2) is 60.7 Å². The van der Waals surface area contributed by atoms with Gasteiger partial charge in [-0.25, -0.2) is 4.39 Å². The Kier molecular flexibility index (Phi) is 5.78. The predicted molar refractivity (Wildman–Crippen MR) is 98.3 cm³/mol. The summed E-state index contributed by atoms with van der Waals surface area (Å²) in [5.74, 6) is 0.920. The third-order valence-electron chi connectivity index (χ3n) is 3.56. The maximum absolute atomic E-state index is 13.2. The van der Waals surface area contributed by atoms with Gasteiger partial charge in [-0.05, 0) is 62.0 Å². The molecule has 0 amide bonds. The van der Waals surface area contributed by atoms with Gasteiger partial charge in [0.15, 0.2) is 0 Å². The quantitative estimate of drug-likeness (QED) is 0.452. The van der Waals surface area contributed by atoms with E-state index in [1.807, 2.05) is 6.07 Å². The molecule has 0 aromatic heterocycles. The summed E-state index contributed by atoms with van der Waals surface area (Å²) in [6, 6.07) is 17.0. The van der Waals surface area contributed by atoms with E-state index >= 15 is 0 Å². The van der Waals surface area contributed by atoms with Crippen molar-refractivity contribution >= 4 is 14.1 Å². The second-order valence-corrected chi connectivity index (χ2v) is 11.1. The molecule has 2 rings (SSSR count). The minimum absolute atomic E-state index is 0.226. The fraction of sp³-hybridized carbons (Fsp3) is 0.300. The van der Waals surface area contributed by atoms with E-state index in [9.17, 15) is 4.39 Å². The second kappa shape index (κ2) is 7.60. The van der Waals surface area contributed by atoms with Crippen molar-refractivity contribution in [1.82, 2.24) is 0 Å². The standard InChI is InChI=1S/C20H25FOSi/c1-5-16(17-9-7-6-8-10-17)15-20(22-23(2,3)4)18-11-13-19(21)14-12-18/h6-16H,5H2,1-4H3/b20-15-/t16-/m1/s1. The van der Waals surface area contributed by atoms with Gasteiger partial charge >= 0.3 is 0 Å². The first kappa shape index (κ1) is 17.5. The Hall–Kier alpha value is -1.87. The van der Waals surface area contributed by atoms with E-state index < -0.39 is 8.32 Å². The predicted octanol–water partition coefficient (Wildman–Crippen LogP) is 6.21. The number of benzene rings is 2. The lowest BCUT2D eigenvalue weighted by molar-refractivity contribution is 0.509. The van der Waals surface area contributed by atoms with Crippen LogP contribution in [0.25, 0.3) is 5.76 Å². The lowest BCUT2D eigenvalue weighted by Crippen LogP contribution is -2.24. The largest absolute Gasteiger partial charge is 0.544 e. The third-order valence-corrected chi connectivity index (χ3v) is 4.40. The minimum atomic E-state index is -1.76. The Bertz CT molecular complexity index is 642. The maximum Gasteiger partial charge on any atom is 0.242 e. The van der Waals surface area contributed by atoms with Crippen LogP contribution in [0.2, 0.25) is 19.6 Å². The molecule has 1 nitrogen and oxygen atoms in total. The smallest absolute Gasteiger partial charge is 0.242 e. The molecule has 0 unspecified atom stereocenters. The molecule has 0 bridgehead atoms. The highest BCUT2D eigenvalue weighted by Crippen LogP contribution is 2.29. The van der Waals surface area contributed by atoms with Gasteiger partial charge < -0.3 is 4.43 Å². The highest BCUT2D eigenvalue weighted by Gasteiger charge is 2.20. The van der Waals surface area contributed by atoms with Gasteiger partial charge in [-0.15, -0.1) is 0 Å². The average molecular weight is 329 g/mol. The summed E-state index contributed by atoms with van der Waals surface area (Å²) in [6.07, 6.45) is 3.17. The van der Waals surface area contributed by atoms with Gasteiger partial charge in [-0.3, -0.25) is 0 Å². The Labute approximate surface area is 140 Å². The minimum Gasteiger partial charge on any atom is -0.544 e. The van der Waals surface area contributed by atoms with Crippen LogP contribution < -0.4 is 0 Å². The summed E-state index contributed by atoms with van der Waals surface area (Å²) in [5.41, 5.74) is 2.21. The van der Waals surface area contributed by atoms with Crippen LogP contribution in [-0.2, 0) is 4.43 Å². The number of allylic oxidation sites excluding steroid dienone is 1. The molecule has 0 saturated carbocycles. The topological polar surface area (TPSA) is 9.23 Å². The van der Waals surface area contributed by atoms with Crippen LogP contribution in [0.1, 0.15) is 30.4 Å². The number of hydrogen-bond acceptors (Lipinski definition) is 1. The van der Waals surface area contributed by atoms with Crippen molar-refractivity contribution in [2.75, 3.05) is 0 Å². The summed E-state index contributed by atoms with van der Waals surface area (Å²) in [6.45, 7) is 8.65. The molecule has 122 valence electrons. The van der Waals surface area contributed by atoms with Crippen molar-refractivity contribution in [3.63, 3.8) is 0 Å². The van der Waals surface area contributed by atoms with Crippen molar-refractivity contribution in [2.24, 2.45) is 0 Å². The van der Waals surface area contributed by atoms with Crippen molar-refractivity contribution in [1.29, 1.82) is 0 Å². The Morgan fingerprint density at radius 2 is 1.65 bits per heavy atom. The molecule has 0 aliphatic rings. The zero-order valence-electron chi connectivity index (χ0n) is 14.3. The van der Waals surface area contributed by atoms with Gasteiger partial charge in [0.1, 0.15) is 11.6 Å². The third kappa shape index (κ3) is 5.36. The molecule has 0 spiro atoms. The van der Waals surface area contributed by atoms with Crippen LogP contribution in [0.5, 0.6) is 0 Å². The molecule has 2 aromatic carbocycles. The molecule has 0 aliphatic carbocycles. The number of rotatable bonds is 6. The molecule has 0 heterocycles. The lowest BCUT2D eigenvalue weighted by Gasteiger charge is -2.24. The summed E-state index contributed by atoms with van der Waals surface area (Å²) in [5, 5.41) is 0. The normalized spacial score (nSPS) is 13.7. The van der Waals surface area contributed by atoms with E-state index in [2.05, 4.69) is 56.9 Å². The molecule has 0 aliphatic heterocycles. The van der Waals surface area contributed by atoms with Gasteiger partial charge in [0.05, 0.1) is 0 Å². The molecule has 0 saturated heterocycles. The fourth-order valence-electron chi connectivity index (χ4n) is 2.47. The second-order valence-electron chi connectivity index (χ2n) is 6.68. The first-order valence-corrected chi connectivity index (χ1v) is 11.5. The molecule has 0 N–H and O–H groups in total. The van der Waals surface area contributed by atoms with E-state index in [1.165, 1.54) is 17.7 Å². The maximum atomic E-state index is 13.2. The van der Waals surface area contributed by atoms with E-state index in [0.717, 1.165) is 17.7 Å². The van der Waals surface area contributed by atoms with Crippen molar-refractivity contribution in [3.8, 4) is 0 Å². The van der Waals surface area contributed by atoms with Crippen LogP contribution in [0, 0.1) is 5.82 Å². The first-order chi connectivity index (χ1) is 10.9. The zero-order chi connectivity index (χ0) is 16.9. The molecular formula is C20H25FOSi. The SMILES string of the molecule is CC[C@H](/C=C(\O[Si](C)(C)C)c1ccc(F)cc1)c1ccccc1. The van der Waals surface area contributed by atoms with Crippen LogP contribution in [0.4, 0.5) is 4.39 Å². The summed E-state index contributed by atoms with van der Waals surface area (Å²) in [7, 11) is -1.76. The summed E-state index contributed by atoms with van der Waals surface area (Å²) < 4.78 is 19.5. The first-order valence-electron chi connectivity index (χ1n) is 8.11. The van der Waals surface area contributed by atoms with Gasteiger partial charge in [0.25, 0.3) is 0 Å². The number of hydrogen-bond donors (Lipinski definition) is 0. The molecular weight excluding hydrogens is 303 g/mol. The highest BCUT2D eigenvalue weighted by atomic mass is 28.4. The molecule has 2 aromatic rings. The van der Waals surface area contributed by atoms with Crippen LogP contribution >= 0.6 is 0 Å². The Balaban J connectivity index is 2.40.